The number of amides is 2. The minimum atomic E-state index is -0.303. The highest BCUT2D eigenvalue weighted by atomic mass is 32.1. The van der Waals surface area contributed by atoms with Gasteiger partial charge in [0.05, 0.1) is 10.6 Å². The molecule has 5 aromatic rings. The molecule has 0 fully saturated rings. The molecule has 2 amide bonds. The number of nitrogens with zero attached hydrogens (tertiary/aromatic N) is 4. The van der Waals surface area contributed by atoms with E-state index in [0.29, 0.717) is 17.2 Å². The van der Waals surface area contributed by atoms with Crippen molar-refractivity contribution in [1.29, 1.82) is 0 Å². The molecule has 0 aliphatic rings. The lowest BCUT2D eigenvalue weighted by atomic mass is 10.1. The Labute approximate surface area is 182 Å². The molecular formula is C23H18N6OS. The number of benzene rings is 2. The van der Waals surface area contributed by atoms with Gasteiger partial charge in [-0.05, 0) is 54.8 Å². The summed E-state index contributed by atoms with van der Waals surface area (Å²) in [5.41, 5.74) is 4.86. The second kappa shape index (κ2) is 8.00. The minimum absolute atomic E-state index is 0.303. The zero-order valence-electron chi connectivity index (χ0n) is 16.6. The van der Waals surface area contributed by atoms with Crippen LogP contribution >= 0.6 is 11.3 Å². The summed E-state index contributed by atoms with van der Waals surface area (Å²) in [6.45, 7) is 2.00. The van der Waals surface area contributed by atoms with Crippen molar-refractivity contribution in [3.63, 3.8) is 0 Å². The molecule has 0 radical (unpaired) electrons. The Morgan fingerprint density at radius 2 is 1.74 bits per heavy atom. The number of urea groups is 1. The van der Waals surface area contributed by atoms with Gasteiger partial charge in [-0.2, -0.15) is 9.61 Å². The minimum Gasteiger partial charge on any atom is -0.308 e. The average Bonchev–Trinajstić information content (AvgIpc) is 3.44. The second-order valence-electron chi connectivity index (χ2n) is 7.02. The maximum atomic E-state index is 12.4. The van der Waals surface area contributed by atoms with E-state index in [1.807, 2.05) is 85.1 Å². The van der Waals surface area contributed by atoms with Crippen LogP contribution in [0, 0.1) is 6.92 Å². The normalized spacial score (nSPS) is 10.9. The van der Waals surface area contributed by atoms with Gasteiger partial charge in [0.2, 0.25) is 0 Å². The summed E-state index contributed by atoms with van der Waals surface area (Å²) in [4.78, 5) is 13.4. The van der Waals surface area contributed by atoms with Crippen molar-refractivity contribution in [2.75, 3.05) is 10.6 Å². The topological polar surface area (TPSA) is 84.2 Å². The van der Waals surface area contributed by atoms with Gasteiger partial charge in [0.15, 0.2) is 11.5 Å². The Balaban J connectivity index is 1.39. The molecule has 3 heterocycles. The van der Waals surface area contributed by atoms with Gasteiger partial charge in [0.1, 0.15) is 0 Å². The molecule has 8 heteroatoms. The molecule has 0 saturated heterocycles. The van der Waals surface area contributed by atoms with E-state index in [2.05, 4.69) is 20.8 Å². The largest absolute Gasteiger partial charge is 0.323 e. The van der Waals surface area contributed by atoms with Gasteiger partial charge in [-0.15, -0.1) is 21.5 Å². The van der Waals surface area contributed by atoms with E-state index in [1.54, 1.807) is 15.9 Å². The first-order valence-corrected chi connectivity index (χ1v) is 10.6. The number of rotatable bonds is 4. The molecular weight excluding hydrogens is 408 g/mol. The molecule has 2 N–H and O–H groups in total. The highest BCUT2D eigenvalue weighted by Gasteiger charge is 2.12. The molecule has 0 aliphatic carbocycles. The standard InChI is InChI=1S/C23H18N6OS/c1-15-7-9-17(10-8-15)24-23(30)25-18-5-2-4-16(14-18)19-11-12-21-26-27-22(29(21)28-19)20-6-3-13-31-20/h2-14H,1H3,(H2,24,25,30). The number of aryl methyl sites for hydroxylation is 1. The van der Waals surface area contributed by atoms with Crippen LogP contribution in [0.5, 0.6) is 0 Å². The molecule has 0 bridgehead atoms. The second-order valence-corrected chi connectivity index (χ2v) is 7.96. The first-order valence-electron chi connectivity index (χ1n) is 9.67. The number of aromatic nitrogens is 4. The van der Waals surface area contributed by atoms with E-state index in [4.69, 9.17) is 5.10 Å². The number of nitrogens with one attached hydrogen (secondary N) is 2. The highest BCUT2D eigenvalue weighted by molar-refractivity contribution is 7.13. The molecule has 5 rings (SSSR count). The van der Waals surface area contributed by atoms with E-state index in [1.165, 1.54) is 0 Å². The number of carbonyl (C=O) groups is 1. The van der Waals surface area contributed by atoms with Crippen LogP contribution in [0.25, 0.3) is 27.6 Å². The average molecular weight is 427 g/mol. The number of hydrogen-bond donors (Lipinski definition) is 2. The summed E-state index contributed by atoms with van der Waals surface area (Å²) in [7, 11) is 0. The number of thiophene rings is 1. The zero-order valence-corrected chi connectivity index (χ0v) is 17.4. The van der Waals surface area contributed by atoms with Crippen LogP contribution in [-0.4, -0.2) is 25.8 Å². The lowest BCUT2D eigenvalue weighted by Gasteiger charge is -2.09. The fraction of sp³-hybridized carbons (Fsp3) is 0.0435. The molecule has 31 heavy (non-hydrogen) atoms. The van der Waals surface area contributed by atoms with Crippen LogP contribution in [0.1, 0.15) is 5.56 Å². The molecule has 0 aliphatic heterocycles. The predicted octanol–water partition coefficient (Wildman–Crippen LogP) is 5.47. The molecule has 7 nitrogen and oxygen atoms in total. The van der Waals surface area contributed by atoms with Crippen LogP contribution in [0.3, 0.4) is 0 Å². The van der Waals surface area contributed by atoms with Gasteiger partial charge in [-0.25, -0.2) is 4.79 Å². The molecule has 3 aromatic heterocycles. The third-order valence-corrected chi connectivity index (χ3v) is 5.60. The van der Waals surface area contributed by atoms with E-state index >= 15 is 0 Å². The third kappa shape index (κ3) is 4.01. The molecule has 2 aromatic carbocycles. The van der Waals surface area contributed by atoms with Crippen LogP contribution < -0.4 is 10.6 Å². The fourth-order valence-corrected chi connectivity index (χ4v) is 3.88. The first kappa shape index (κ1) is 19.0. The quantitative estimate of drug-likeness (QED) is 0.399. The number of fused-ring (bicyclic) bond motifs is 1. The molecule has 152 valence electrons. The summed E-state index contributed by atoms with van der Waals surface area (Å²) < 4.78 is 1.74. The maximum absolute atomic E-state index is 12.4. The van der Waals surface area contributed by atoms with Gasteiger partial charge in [0, 0.05) is 16.9 Å². The Kier molecular flexibility index (Phi) is 4.89. The van der Waals surface area contributed by atoms with Gasteiger partial charge in [0.25, 0.3) is 0 Å². The van der Waals surface area contributed by atoms with Gasteiger partial charge in [-0.1, -0.05) is 35.9 Å². The fourth-order valence-electron chi connectivity index (χ4n) is 3.19. The Morgan fingerprint density at radius 1 is 0.903 bits per heavy atom. The molecule has 0 spiro atoms. The van der Waals surface area contributed by atoms with Gasteiger partial charge >= 0.3 is 6.03 Å². The van der Waals surface area contributed by atoms with Crippen molar-refractivity contribution in [2.24, 2.45) is 0 Å². The molecule has 0 unspecified atom stereocenters. The number of carbonyl (C=O) groups excluding carboxylic acids is 1. The van der Waals surface area contributed by atoms with E-state index in [9.17, 15) is 4.79 Å². The van der Waals surface area contributed by atoms with Gasteiger partial charge in [-0.3, -0.25) is 0 Å². The summed E-state index contributed by atoms with van der Waals surface area (Å²) in [5, 5.41) is 20.9. The molecule has 0 saturated carbocycles. The highest BCUT2D eigenvalue weighted by Crippen LogP contribution is 2.25. The predicted molar refractivity (Wildman–Crippen MR) is 123 cm³/mol. The van der Waals surface area contributed by atoms with Crippen molar-refractivity contribution in [3.05, 3.63) is 83.7 Å². The summed E-state index contributed by atoms with van der Waals surface area (Å²) in [6.07, 6.45) is 0. The maximum Gasteiger partial charge on any atom is 0.323 e. The van der Waals surface area contributed by atoms with Crippen molar-refractivity contribution < 1.29 is 4.79 Å². The van der Waals surface area contributed by atoms with Crippen molar-refractivity contribution in [3.8, 4) is 22.0 Å². The van der Waals surface area contributed by atoms with Gasteiger partial charge < -0.3 is 10.6 Å². The van der Waals surface area contributed by atoms with E-state index in [-0.39, 0.29) is 6.03 Å². The zero-order chi connectivity index (χ0) is 21.2. The Bertz CT molecular complexity index is 1360. The van der Waals surface area contributed by atoms with E-state index in [0.717, 1.165) is 27.4 Å². The smallest absolute Gasteiger partial charge is 0.308 e. The summed E-state index contributed by atoms with van der Waals surface area (Å²) in [5.74, 6) is 0.707. The van der Waals surface area contributed by atoms with Crippen LogP contribution in [0.2, 0.25) is 0 Å². The number of hydrogen-bond acceptors (Lipinski definition) is 5. The summed E-state index contributed by atoms with van der Waals surface area (Å²) >= 11 is 1.59. The first-order chi connectivity index (χ1) is 15.2. The SMILES string of the molecule is Cc1ccc(NC(=O)Nc2cccc(-c3ccc4nnc(-c5cccs5)n4n3)c2)cc1. The lowest BCUT2D eigenvalue weighted by molar-refractivity contribution is 0.262. The van der Waals surface area contributed by atoms with E-state index < -0.39 is 0 Å². The van der Waals surface area contributed by atoms with Crippen molar-refractivity contribution >= 4 is 34.4 Å². The third-order valence-electron chi connectivity index (χ3n) is 4.73. The lowest BCUT2D eigenvalue weighted by Crippen LogP contribution is -2.19. The summed E-state index contributed by atoms with van der Waals surface area (Å²) in [6, 6.07) is 22.7. The number of anilines is 2. The monoisotopic (exact) mass is 426 g/mol. The van der Waals surface area contributed by atoms with Crippen LogP contribution in [0.4, 0.5) is 16.2 Å². The van der Waals surface area contributed by atoms with Crippen LogP contribution in [-0.2, 0) is 0 Å². The molecule has 0 atom stereocenters. The Hall–Kier alpha value is -4.04. The van der Waals surface area contributed by atoms with Crippen molar-refractivity contribution in [1.82, 2.24) is 19.8 Å². The Morgan fingerprint density at radius 3 is 2.55 bits per heavy atom. The van der Waals surface area contributed by atoms with Crippen LogP contribution in [0.15, 0.2) is 78.2 Å². The van der Waals surface area contributed by atoms with Crippen molar-refractivity contribution in [2.45, 2.75) is 6.92 Å².